The maximum absolute atomic E-state index is 14.0. The Morgan fingerprint density at radius 3 is 2.50 bits per heavy atom. The van der Waals surface area contributed by atoms with E-state index < -0.39 is 5.44 Å². The summed E-state index contributed by atoms with van der Waals surface area (Å²) in [6.45, 7) is 7.17. The van der Waals surface area contributed by atoms with Crippen molar-refractivity contribution in [1.29, 1.82) is 5.26 Å². The molecule has 2 heterocycles. The Labute approximate surface area is 247 Å². The Morgan fingerprint density at radius 2 is 1.83 bits per heavy atom. The van der Waals surface area contributed by atoms with Crippen LogP contribution >= 0.6 is 0 Å². The molecule has 7 nitrogen and oxygen atoms in total. The number of nitrogens with one attached hydrogen (secondary N) is 4. The van der Waals surface area contributed by atoms with Gasteiger partial charge in [0.15, 0.2) is 0 Å². The van der Waals surface area contributed by atoms with Crippen LogP contribution in [0.25, 0.3) is 22.0 Å². The van der Waals surface area contributed by atoms with Gasteiger partial charge in [-0.05, 0) is 53.6 Å². The van der Waals surface area contributed by atoms with E-state index in [9.17, 15) is 9.65 Å². The molecule has 0 spiro atoms. The van der Waals surface area contributed by atoms with E-state index >= 15 is 0 Å². The fourth-order valence-corrected chi connectivity index (χ4v) is 5.34. The van der Waals surface area contributed by atoms with E-state index in [4.69, 9.17) is 4.98 Å². The van der Waals surface area contributed by atoms with Crippen molar-refractivity contribution < 1.29 is 4.39 Å². The van der Waals surface area contributed by atoms with E-state index in [0.717, 1.165) is 57.5 Å². The van der Waals surface area contributed by atoms with E-state index in [1.807, 2.05) is 30.3 Å². The number of pyridine rings is 1. The Balaban J connectivity index is 1.53. The zero-order valence-corrected chi connectivity index (χ0v) is 24.4. The average molecular weight is 560 g/mol. The predicted molar refractivity (Wildman–Crippen MR) is 169 cm³/mol. The number of hydrogen-bond acceptors (Lipinski definition) is 7. The maximum Gasteiger partial charge on any atom is 0.148 e. The average Bonchev–Trinajstić information content (AvgIpc) is 3.71. The number of benzene rings is 3. The summed E-state index contributed by atoms with van der Waals surface area (Å²) in [6, 6.07) is 23.7. The second kappa shape index (κ2) is 10.7. The number of fused-ring (bicyclic) bond motifs is 1. The van der Waals surface area contributed by atoms with Gasteiger partial charge in [0.25, 0.3) is 0 Å². The van der Waals surface area contributed by atoms with Gasteiger partial charge in [0, 0.05) is 41.6 Å². The van der Waals surface area contributed by atoms with Crippen molar-refractivity contribution in [3.8, 4) is 17.2 Å². The SMILES string of the molecule is BC(Nc1cc(-c2ccccc2)c2ncc(C#N)c(NCC(C)(C)C)c2c1)(C1=CN(C2CC2)NN1)c1ccc(F)cc1. The van der Waals surface area contributed by atoms with Crippen LogP contribution in [0, 0.1) is 22.6 Å². The number of hydrogen-bond donors (Lipinski definition) is 4. The smallest absolute Gasteiger partial charge is 0.148 e. The van der Waals surface area contributed by atoms with Gasteiger partial charge in [-0.1, -0.05) is 63.2 Å². The Hall–Kier alpha value is -4.55. The van der Waals surface area contributed by atoms with Crippen LogP contribution in [0.15, 0.2) is 84.8 Å². The summed E-state index contributed by atoms with van der Waals surface area (Å²) in [5.74, 6) is -0.283. The fourth-order valence-electron chi connectivity index (χ4n) is 5.34. The highest BCUT2D eigenvalue weighted by atomic mass is 19.1. The lowest BCUT2D eigenvalue weighted by Gasteiger charge is -2.34. The third-order valence-electron chi connectivity index (χ3n) is 7.85. The summed E-state index contributed by atoms with van der Waals surface area (Å²) in [6.07, 6.45) is 6.03. The molecule has 4 N–H and O–H groups in total. The largest absolute Gasteiger partial charge is 0.383 e. The molecule has 0 amide bonds. The fraction of sp³-hybridized carbons (Fsp3) is 0.273. The summed E-state index contributed by atoms with van der Waals surface area (Å²) in [7, 11) is 2.09. The van der Waals surface area contributed by atoms with Gasteiger partial charge >= 0.3 is 0 Å². The molecular weight excluding hydrogens is 524 g/mol. The minimum atomic E-state index is -0.745. The third kappa shape index (κ3) is 5.50. The molecule has 1 aliphatic heterocycles. The molecule has 1 saturated carbocycles. The molecule has 1 atom stereocenters. The molecule has 1 unspecified atom stereocenters. The molecule has 212 valence electrons. The standard InChI is InChI=1S/C33H35BFN7/c1-32(2,3)20-38-30-22(17-36)18-37-31-27(21-7-5-4-6-8-21)15-25(16-28(30)31)39-33(34,23-9-11-24(35)12-10-23)29-19-42(41-40-29)26-13-14-26/h4-12,15-16,18-19,26,39-41H,13-14,20,34H2,1-3H3,(H,37,38). The lowest BCUT2D eigenvalue weighted by Crippen LogP contribution is -2.45. The maximum atomic E-state index is 14.0. The first-order valence-corrected chi connectivity index (χ1v) is 14.4. The molecule has 0 radical (unpaired) electrons. The second-order valence-corrected chi connectivity index (χ2v) is 12.5. The van der Waals surface area contributed by atoms with Gasteiger partial charge in [-0.15, -0.1) is 5.53 Å². The van der Waals surface area contributed by atoms with E-state index in [-0.39, 0.29) is 11.2 Å². The van der Waals surface area contributed by atoms with Gasteiger partial charge in [0.05, 0.1) is 27.9 Å². The van der Waals surface area contributed by atoms with Crippen molar-refractivity contribution in [2.24, 2.45) is 5.41 Å². The van der Waals surface area contributed by atoms with Gasteiger partial charge < -0.3 is 16.1 Å². The van der Waals surface area contributed by atoms with E-state index in [2.05, 4.69) is 91.8 Å². The molecule has 42 heavy (non-hydrogen) atoms. The molecular formula is C33H35BFN7. The van der Waals surface area contributed by atoms with E-state index in [0.29, 0.717) is 18.2 Å². The van der Waals surface area contributed by atoms with Crippen LogP contribution in [0.5, 0.6) is 0 Å². The Morgan fingerprint density at radius 1 is 1.10 bits per heavy atom. The number of aromatic nitrogens is 1. The lowest BCUT2D eigenvalue weighted by atomic mass is 9.69. The first-order chi connectivity index (χ1) is 20.1. The summed E-state index contributed by atoms with van der Waals surface area (Å²) in [5, 5.41) is 20.4. The van der Waals surface area contributed by atoms with Gasteiger partial charge in [0.2, 0.25) is 0 Å². The number of hydrazine groups is 2. The summed E-state index contributed by atoms with van der Waals surface area (Å²) in [5.41, 5.74) is 12.6. The minimum Gasteiger partial charge on any atom is -0.383 e. The first-order valence-electron chi connectivity index (χ1n) is 14.4. The molecule has 2 aliphatic rings. The van der Waals surface area contributed by atoms with Crippen molar-refractivity contribution in [2.45, 2.75) is 45.1 Å². The molecule has 1 fully saturated rings. The Kier molecular flexibility index (Phi) is 7.03. The molecule has 1 aromatic heterocycles. The van der Waals surface area contributed by atoms with Crippen molar-refractivity contribution >= 4 is 30.1 Å². The second-order valence-electron chi connectivity index (χ2n) is 12.5. The quantitative estimate of drug-likeness (QED) is 0.209. The number of nitriles is 1. The van der Waals surface area contributed by atoms with Crippen LogP contribution < -0.4 is 21.6 Å². The zero-order valence-electron chi connectivity index (χ0n) is 24.4. The first kappa shape index (κ1) is 27.6. The summed E-state index contributed by atoms with van der Waals surface area (Å²) in [4.78, 5) is 4.78. The van der Waals surface area contributed by atoms with Crippen molar-refractivity contribution in [3.05, 3.63) is 102 Å². The zero-order chi connectivity index (χ0) is 29.5. The van der Waals surface area contributed by atoms with Gasteiger partial charge in [-0.2, -0.15) is 5.26 Å². The van der Waals surface area contributed by atoms with Crippen molar-refractivity contribution in [3.63, 3.8) is 0 Å². The lowest BCUT2D eigenvalue weighted by molar-refractivity contribution is 0.260. The molecule has 0 bridgehead atoms. The highest BCUT2D eigenvalue weighted by Crippen LogP contribution is 2.40. The third-order valence-corrected chi connectivity index (χ3v) is 7.85. The van der Waals surface area contributed by atoms with Crippen LogP contribution in [0.4, 0.5) is 15.8 Å². The van der Waals surface area contributed by atoms with Crippen LogP contribution in [0.3, 0.4) is 0 Å². The van der Waals surface area contributed by atoms with Crippen LogP contribution in [0.1, 0.15) is 44.7 Å². The summed E-state index contributed by atoms with van der Waals surface area (Å²) < 4.78 is 14.0. The molecule has 3 aromatic carbocycles. The number of rotatable bonds is 8. The molecule has 4 aromatic rings. The highest BCUT2D eigenvalue weighted by molar-refractivity contribution is 6.19. The van der Waals surface area contributed by atoms with Crippen molar-refractivity contribution in [1.82, 2.24) is 21.0 Å². The topological polar surface area (TPSA) is 88.0 Å². The monoisotopic (exact) mass is 559 g/mol. The predicted octanol–water partition coefficient (Wildman–Crippen LogP) is 5.60. The number of nitrogens with zero attached hydrogens (tertiary/aromatic N) is 3. The molecule has 6 rings (SSSR count). The van der Waals surface area contributed by atoms with Crippen molar-refractivity contribution in [2.75, 3.05) is 17.2 Å². The Bertz CT molecular complexity index is 1690. The van der Waals surface area contributed by atoms with Gasteiger partial charge in [-0.25, -0.2) is 4.39 Å². The normalized spacial score (nSPS) is 16.4. The minimum absolute atomic E-state index is 0.00262. The molecule has 0 saturated heterocycles. The van der Waals surface area contributed by atoms with Crippen LogP contribution in [0.2, 0.25) is 0 Å². The number of halogens is 1. The molecule has 1 aliphatic carbocycles. The van der Waals surface area contributed by atoms with E-state index in [1.54, 1.807) is 6.20 Å². The van der Waals surface area contributed by atoms with Gasteiger partial charge in [0.1, 0.15) is 19.7 Å². The van der Waals surface area contributed by atoms with E-state index in [1.165, 1.54) is 12.1 Å². The van der Waals surface area contributed by atoms with Crippen LogP contribution in [-0.4, -0.2) is 30.4 Å². The highest BCUT2D eigenvalue weighted by Gasteiger charge is 2.38. The van der Waals surface area contributed by atoms with Crippen LogP contribution in [-0.2, 0) is 5.44 Å². The summed E-state index contributed by atoms with van der Waals surface area (Å²) >= 11 is 0. The molecule has 9 heteroatoms. The number of anilines is 2. The van der Waals surface area contributed by atoms with Gasteiger partial charge in [-0.3, -0.25) is 9.99 Å².